The average Bonchev–Trinajstić information content (AvgIpc) is 2.70. The highest BCUT2D eigenvalue weighted by molar-refractivity contribution is 7.89. The van der Waals surface area contributed by atoms with Crippen LogP contribution in [-0.4, -0.2) is 81.9 Å². The Kier molecular flexibility index (Phi) is 9.38. The number of hydrogen-bond donors (Lipinski definition) is 1. The smallest absolute Gasteiger partial charge is 0.216 e. The van der Waals surface area contributed by atoms with Crippen molar-refractivity contribution in [2.24, 2.45) is 4.99 Å². The van der Waals surface area contributed by atoms with Crippen LogP contribution in [0.15, 0.2) is 23.2 Å². The highest BCUT2D eigenvalue weighted by Crippen LogP contribution is 2.17. The van der Waals surface area contributed by atoms with Crippen molar-refractivity contribution >= 4 is 16.0 Å². The average molecular weight is 441 g/mol. The first kappa shape index (κ1) is 24.4. The molecule has 9 heteroatoms. The molecular weight excluding hydrogens is 404 g/mol. The maximum absolute atomic E-state index is 12.5. The lowest BCUT2D eigenvalue weighted by Gasteiger charge is -2.36. The summed E-state index contributed by atoms with van der Waals surface area (Å²) in [5, 5.41) is 3.32. The summed E-state index contributed by atoms with van der Waals surface area (Å²) < 4.78 is 37.4. The van der Waals surface area contributed by atoms with E-state index in [-0.39, 0.29) is 18.5 Å². The van der Waals surface area contributed by atoms with Gasteiger partial charge in [-0.05, 0) is 51.0 Å². The van der Waals surface area contributed by atoms with Gasteiger partial charge in [0.25, 0.3) is 0 Å². The Bertz CT molecular complexity index is 803. The molecule has 0 saturated carbocycles. The standard InChI is InChI=1S/C21H36N4O4S/c1-6-22-21(23-16-19-13-18(4)14-20(15-19)28-5)24-7-9-25(10-8-24)30(26,27)12-11-29-17(2)3/h13-15,17H,6-12,16H2,1-5H3,(H,22,23). The van der Waals surface area contributed by atoms with E-state index in [0.29, 0.717) is 32.7 Å². The van der Waals surface area contributed by atoms with Crippen LogP contribution in [0.4, 0.5) is 0 Å². The van der Waals surface area contributed by atoms with Gasteiger partial charge in [0.2, 0.25) is 10.0 Å². The van der Waals surface area contributed by atoms with E-state index >= 15 is 0 Å². The number of rotatable bonds is 9. The molecule has 1 aliphatic rings. The number of piperazine rings is 1. The summed E-state index contributed by atoms with van der Waals surface area (Å²) in [6, 6.07) is 6.08. The molecule has 0 radical (unpaired) electrons. The summed E-state index contributed by atoms with van der Waals surface area (Å²) in [5.74, 6) is 1.65. The molecule has 0 atom stereocenters. The summed E-state index contributed by atoms with van der Waals surface area (Å²) in [6.45, 7) is 11.5. The topological polar surface area (TPSA) is 83.5 Å². The number of methoxy groups -OCH3 is 1. The molecule has 0 bridgehead atoms. The van der Waals surface area contributed by atoms with Crippen LogP contribution in [0.3, 0.4) is 0 Å². The van der Waals surface area contributed by atoms with Gasteiger partial charge in [0.05, 0.1) is 32.1 Å². The predicted molar refractivity (Wildman–Crippen MR) is 121 cm³/mol. The number of ether oxygens (including phenoxy) is 2. The number of nitrogens with zero attached hydrogens (tertiary/aromatic N) is 3. The van der Waals surface area contributed by atoms with Gasteiger partial charge in [0.15, 0.2) is 5.96 Å². The number of guanidine groups is 1. The van der Waals surface area contributed by atoms with Crippen molar-refractivity contribution in [2.45, 2.75) is 40.3 Å². The first-order valence-electron chi connectivity index (χ1n) is 10.5. The van der Waals surface area contributed by atoms with Crippen LogP contribution in [-0.2, 0) is 21.3 Å². The normalized spacial score (nSPS) is 16.2. The van der Waals surface area contributed by atoms with Crippen molar-refractivity contribution < 1.29 is 17.9 Å². The van der Waals surface area contributed by atoms with Crippen LogP contribution in [0.1, 0.15) is 31.9 Å². The Morgan fingerprint density at radius 3 is 2.50 bits per heavy atom. The maximum Gasteiger partial charge on any atom is 0.216 e. The van der Waals surface area contributed by atoms with Crippen molar-refractivity contribution in [2.75, 3.05) is 52.2 Å². The molecule has 1 fully saturated rings. The second kappa shape index (κ2) is 11.5. The van der Waals surface area contributed by atoms with Gasteiger partial charge in [0.1, 0.15) is 5.75 Å². The molecule has 1 N–H and O–H groups in total. The van der Waals surface area contributed by atoms with Gasteiger partial charge in [-0.25, -0.2) is 13.4 Å². The second-order valence-electron chi connectivity index (χ2n) is 7.65. The number of sulfonamides is 1. The Hall–Kier alpha value is -1.84. The van der Waals surface area contributed by atoms with Crippen LogP contribution in [0.25, 0.3) is 0 Å². The van der Waals surface area contributed by atoms with E-state index in [2.05, 4.69) is 16.3 Å². The van der Waals surface area contributed by atoms with Crippen LogP contribution in [0.2, 0.25) is 0 Å². The number of hydrogen-bond acceptors (Lipinski definition) is 5. The molecule has 1 aliphatic heterocycles. The minimum absolute atomic E-state index is 0.0223. The third kappa shape index (κ3) is 7.45. The quantitative estimate of drug-likeness (QED) is 0.466. The van der Waals surface area contributed by atoms with E-state index in [0.717, 1.165) is 29.4 Å². The molecule has 170 valence electrons. The molecule has 0 aromatic heterocycles. The van der Waals surface area contributed by atoms with Gasteiger partial charge in [-0.15, -0.1) is 0 Å². The predicted octanol–water partition coefficient (Wildman–Crippen LogP) is 1.84. The molecule has 8 nitrogen and oxygen atoms in total. The van der Waals surface area contributed by atoms with Gasteiger partial charge >= 0.3 is 0 Å². The molecule has 1 heterocycles. The Balaban J connectivity index is 1.98. The lowest BCUT2D eigenvalue weighted by atomic mass is 10.1. The number of aryl methyl sites for hydroxylation is 1. The van der Waals surface area contributed by atoms with E-state index in [1.165, 1.54) is 0 Å². The molecule has 0 spiro atoms. The van der Waals surface area contributed by atoms with Crippen molar-refractivity contribution in [3.8, 4) is 5.75 Å². The molecule has 1 aromatic rings. The summed E-state index contributed by atoms with van der Waals surface area (Å²) in [6.07, 6.45) is 0.0318. The maximum atomic E-state index is 12.5. The monoisotopic (exact) mass is 440 g/mol. The fourth-order valence-corrected chi connectivity index (χ4v) is 4.61. The van der Waals surface area contributed by atoms with Gasteiger partial charge in [-0.1, -0.05) is 6.07 Å². The van der Waals surface area contributed by atoms with E-state index < -0.39 is 10.0 Å². The number of nitrogens with one attached hydrogen (secondary N) is 1. The third-order valence-electron chi connectivity index (χ3n) is 4.82. The highest BCUT2D eigenvalue weighted by Gasteiger charge is 2.28. The molecule has 30 heavy (non-hydrogen) atoms. The van der Waals surface area contributed by atoms with Crippen molar-refractivity contribution in [3.05, 3.63) is 29.3 Å². The molecule has 0 aliphatic carbocycles. The van der Waals surface area contributed by atoms with Gasteiger partial charge in [-0.3, -0.25) is 0 Å². The zero-order valence-electron chi connectivity index (χ0n) is 18.8. The molecule has 2 rings (SSSR count). The molecule has 1 saturated heterocycles. The minimum Gasteiger partial charge on any atom is -0.497 e. The fraction of sp³-hybridized carbons (Fsp3) is 0.667. The van der Waals surface area contributed by atoms with Crippen molar-refractivity contribution in [1.29, 1.82) is 0 Å². The van der Waals surface area contributed by atoms with E-state index in [4.69, 9.17) is 14.5 Å². The fourth-order valence-electron chi connectivity index (χ4n) is 3.32. The number of benzene rings is 1. The van der Waals surface area contributed by atoms with E-state index in [9.17, 15) is 8.42 Å². The lowest BCUT2D eigenvalue weighted by Crippen LogP contribution is -2.54. The SMILES string of the molecule is CCNC(=NCc1cc(C)cc(OC)c1)N1CCN(S(=O)(=O)CCOC(C)C)CC1. The van der Waals surface area contributed by atoms with Gasteiger partial charge in [-0.2, -0.15) is 4.31 Å². The zero-order valence-corrected chi connectivity index (χ0v) is 19.7. The van der Waals surface area contributed by atoms with Crippen LogP contribution < -0.4 is 10.1 Å². The molecule has 0 amide bonds. The molecular formula is C21H36N4O4S. The second-order valence-corrected chi connectivity index (χ2v) is 9.74. The minimum atomic E-state index is -3.30. The third-order valence-corrected chi connectivity index (χ3v) is 6.65. The van der Waals surface area contributed by atoms with E-state index in [1.54, 1.807) is 11.4 Å². The highest BCUT2D eigenvalue weighted by atomic mass is 32.2. The Labute approximate surface area is 181 Å². The van der Waals surface area contributed by atoms with Crippen molar-refractivity contribution in [3.63, 3.8) is 0 Å². The van der Waals surface area contributed by atoms with Gasteiger partial charge < -0.3 is 19.7 Å². The van der Waals surface area contributed by atoms with Crippen LogP contribution in [0.5, 0.6) is 5.75 Å². The largest absolute Gasteiger partial charge is 0.497 e. The Morgan fingerprint density at radius 2 is 1.90 bits per heavy atom. The first-order valence-corrected chi connectivity index (χ1v) is 12.1. The molecule has 0 unspecified atom stereocenters. The summed E-state index contributed by atoms with van der Waals surface area (Å²) in [4.78, 5) is 6.89. The summed E-state index contributed by atoms with van der Waals surface area (Å²) >= 11 is 0. The first-order chi connectivity index (χ1) is 14.2. The zero-order chi connectivity index (χ0) is 22.1. The molecule has 1 aromatic carbocycles. The number of aliphatic imine (C=N–C) groups is 1. The van der Waals surface area contributed by atoms with Crippen LogP contribution >= 0.6 is 0 Å². The Morgan fingerprint density at radius 1 is 1.20 bits per heavy atom. The summed E-state index contributed by atoms with van der Waals surface area (Å²) in [5.41, 5.74) is 2.21. The van der Waals surface area contributed by atoms with Crippen molar-refractivity contribution in [1.82, 2.24) is 14.5 Å². The summed E-state index contributed by atoms with van der Waals surface area (Å²) in [7, 11) is -1.64. The lowest BCUT2D eigenvalue weighted by molar-refractivity contribution is 0.0904. The van der Waals surface area contributed by atoms with E-state index in [1.807, 2.05) is 39.8 Å². The van der Waals surface area contributed by atoms with Crippen LogP contribution in [0, 0.1) is 6.92 Å². The van der Waals surface area contributed by atoms with Gasteiger partial charge in [0, 0.05) is 32.7 Å².